The van der Waals surface area contributed by atoms with E-state index in [0.717, 1.165) is 23.4 Å². The number of halogens is 2. The summed E-state index contributed by atoms with van der Waals surface area (Å²) in [5.41, 5.74) is 1.48. The molecule has 0 aromatic rings. The van der Waals surface area contributed by atoms with Crippen LogP contribution in [0.4, 0.5) is 0 Å². The molecule has 1 aliphatic carbocycles. The van der Waals surface area contributed by atoms with Crippen molar-refractivity contribution < 1.29 is 0 Å². The Morgan fingerprint density at radius 2 is 2.08 bits per heavy atom. The van der Waals surface area contributed by atoms with Crippen molar-refractivity contribution in [2.24, 2.45) is 11.8 Å². The number of hydrogen-bond donors (Lipinski definition) is 0. The summed E-state index contributed by atoms with van der Waals surface area (Å²) in [4.78, 5) is 2.41. The minimum absolute atomic E-state index is 0.762. The maximum atomic E-state index is 5.88. The van der Waals surface area contributed by atoms with Crippen molar-refractivity contribution in [2.75, 3.05) is 19.6 Å². The zero-order chi connectivity index (χ0) is 9.26. The normalized spacial score (nSPS) is 31.2. The zero-order valence-electron chi connectivity index (χ0n) is 7.68. The Morgan fingerprint density at radius 1 is 1.31 bits per heavy atom. The molecule has 1 saturated carbocycles. The highest BCUT2D eigenvalue weighted by Crippen LogP contribution is 2.41. The van der Waals surface area contributed by atoms with Gasteiger partial charge in [0.05, 0.1) is 0 Å². The van der Waals surface area contributed by atoms with Crippen molar-refractivity contribution in [1.82, 2.24) is 4.90 Å². The second-order valence-corrected chi connectivity index (χ2v) is 4.88. The summed E-state index contributed by atoms with van der Waals surface area (Å²) in [5.74, 6) is 1.98. The minimum atomic E-state index is 0.762. The van der Waals surface area contributed by atoms with Gasteiger partial charge in [-0.05, 0) is 37.6 Å². The van der Waals surface area contributed by atoms with Crippen molar-refractivity contribution in [2.45, 2.75) is 19.3 Å². The highest BCUT2D eigenvalue weighted by atomic mass is 35.5. The average molecular weight is 220 g/mol. The maximum absolute atomic E-state index is 5.88. The van der Waals surface area contributed by atoms with E-state index in [1.807, 2.05) is 0 Å². The van der Waals surface area contributed by atoms with Gasteiger partial charge in [0.15, 0.2) is 0 Å². The van der Waals surface area contributed by atoms with Crippen LogP contribution in [0, 0.1) is 11.8 Å². The van der Waals surface area contributed by atoms with E-state index in [1.54, 1.807) is 0 Å². The summed E-state index contributed by atoms with van der Waals surface area (Å²) in [5, 5.41) is 0.762. The summed E-state index contributed by atoms with van der Waals surface area (Å²) in [6.45, 7) is 3.27. The third-order valence-electron chi connectivity index (χ3n) is 3.09. The van der Waals surface area contributed by atoms with E-state index in [9.17, 15) is 0 Å². The summed E-state index contributed by atoms with van der Waals surface area (Å²) in [6, 6.07) is 0. The molecule has 1 unspecified atom stereocenters. The Hall–Kier alpha value is 0.280. The molecule has 1 saturated heterocycles. The molecular formula is C10H15Cl2N. The maximum Gasteiger partial charge on any atom is 0.0434 e. The zero-order valence-corrected chi connectivity index (χ0v) is 9.19. The molecular weight excluding hydrogens is 205 g/mol. The molecule has 2 aliphatic rings. The van der Waals surface area contributed by atoms with Crippen LogP contribution in [0.1, 0.15) is 19.3 Å². The molecule has 0 aromatic carbocycles. The Balaban J connectivity index is 1.77. The van der Waals surface area contributed by atoms with Crippen LogP contribution in [-0.2, 0) is 0 Å². The monoisotopic (exact) mass is 219 g/mol. The molecule has 1 aliphatic heterocycles. The SMILES string of the molecule is Cl/C=C(/Cl)CN1CCC(C2CC2)C1. The van der Waals surface area contributed by atoms with E-state index in [0.29, 0.717) is 0 Å². The highest BCUT2D eigenvalue weighted by molar-refractivity contribution is 6.36. The fourth-order valence-electron chi connectivity index (χ4n) is 2.21. The summed E-state index contributed by atoms with van der Waals surface area (Å²) < 4.78 is 0. The Morgan fingerprint density at radius 3 is 2.69 bits per heavy atom. The Kier molecular flexibility index (Phi) is 3.18. The number of rotatable bonds is 3. The van der Waals surface area contributed by atoms with Crippen molar-refractivity contribution >= 4 is 23.2 Å². The largest absolute Gasteiger partial charge is 0.298 e. The summed E-state index contributed by atoms with van der Waals surface area (Å²) >= 11 is 11.4. The summed E-state index contributed by atoms with van der Waals surface area (Å²) in [6.07, 6.45) is 4.27. The van der Waals surface area contributed by atoms with Crippen LogP contribution in [-0.4, -0.2) is 24.5 Å². The van der Waals surface area contributed by atoms with Gasteiger partial charge in [-0.2, -0.15) is 0 Å². The average Bonchev–Trinajstić information content (AvgIpc) is 2.88. The number of likely N-dealkylation sites (tertiary alicyclic amines) is 1. The number of hydrogen-bond acceptors (Lipinski definition) is 1. The molecule has 0 spiro atoms. The van der Waals surface area contributed by atoms with Gasteiger partial charge in [0.1, 0.15) is 0 Å². The molecule has 1 heterocycles. The molecule has 3 heteroatoms. The fourth-order valence-corrected chi connectivity index (χ4v) is 2.44. The standard InChI is InChI=1S/C10H15Cl2N/c11-5-10(12)7-13-4-3-9(6-13)8-1-2-8/h5,8-9H,1-4,6-7H2/b10-5+. The first-order valence-electron chi connectivity index (χ1n) is 4.96. The van der Waals surface area contributed by atoms with Crippen LogP contribution in [0.2, 0.25) is 0 Å². The van der Waals surface area contributed by atoms with Crippen molar-refractivity contribution in [3.63, 3.8) is 0 Å². The smallest absolute Gasteiger partial charge is 0.0434 e. The fraction of sp³-hybridized carbons (Fsp3) is 0.800. The Labute approximate surface area is 89.7 Å². The van der Waals surface area contributed by atoms with Crippen molar-refractivity contribution in [1.29, 1.82) is 0 Å². The van der Waals surface area contributed by atoms with Gasteiger partial charge in [0, 0.05) is 23.7 Å². The lowest BCUT2D eigenvalue weighted by Crippen LogP contribution is -2.22. The molecule has 74 valence electrons. The van der Waals surface area contributed by atoms with Gasteiger partial charge in [-0.15, -0.1) is 0 Å². The van der Waals surface area contributed by atoms with E-state index in [4.69, 9.17) is 23.2 Å². The lowest BCUT2D eigenvalue weighted by Gasteiger charge is -2.14. The summed E-state index contributed by atoms with van der Waals surface area (Å²) in [7, 11) is 0. The minimum Gasteiger partial charge on any atom is -0.298 e. The van der Waals surface area contributed by atoms with Gasteiger partial charge >= 0.3 is 0 Å². The molecule has 0 bridgehead atoms. The quantitative estimate of drug-likeness (QED) is 0.706. The van der Waals surface area contributed by atoms with Gasteiger partial charge in [0.25, 0.3) is 0 Å². The van der Waals surface area contributed by atoms with E-state index in [2.05, 4.69) is 4.90 Å². The molecule has 1 atom stereocenters. The van der Waals surface area contributed by atoms with E-state index in [-0.39, 0.29) is 0 Å². The third kappa shape index (κ3) is 2.61. The molecule has 0 radical (unpaired) electrons. The molecule has 1 nitrogen and oxygen atoms in total. The molecule has 0 N–H and O–H groups in total. The second-order valence-electron chi connectivity index (χ2n) is 4.18. The predicted octanol–water partition coefficient (Wildman–Crippen LogP) is 3.04. The van der Waals surface area contributed by atoms with Crippen LogP contribution < -0.4 is 0 Å². The first kappa shape index (κ1) is 9.82. The van der Waals surface area contributed by atoms with Crippen LogP contribution in [0.25, 0.3) is 0 Å². The van der Waals surface area contributed by atoms with Crippen molar-refractivity contribution in [3.05, 3.63) is 10.6 Å². The molecule has 2 fully saturated rings. The predicted molar refractivity (Wildman–Crippen MR) is 57.1 cm³/mol. The highest BCUT2D eigenvalue weighted by Gasteiger charge is 2.35. The molecule has 13 heavy (non-hydrogen) atoms. The van der Waals surface area contributed by atoms with Crippen LogP contribution >= 0.6 is 23.2 Å². The molecule has 0 amide bonds. The lowest BCUT2D eigenvalue weighted by atomic mass is 10.0. The first-order chi connectivity index (χ1) is 6.29. The number of nitrogens with zero attached hydrogens (tertiary/aromatic N) is 1. The molecule has 2 rings (SSSR count). The Bertz CT molecular complexity index is 211. The van der Waals surface area contributed by atoms with Crippen LogP contribution in [0.3, 0.4) is 0 Å². The van der Waals surface area contributed by atoms with Gasteiger partial charge in [-0.25, -0.2) is 0 Å². The van der Waals surface area contributed by atoms with Gasteiger partial charge in [0.2, 0.25) is 0 Å². The lowest BCUT2D eigenvalue weighted by molar-refractivity contribution is 0.347. The topological polar surface area (TPSA) is 3.24 Å². The van der Waals surface area contributed by atoms with Crippen LogP contribution in [0.15, 0.2) is 10.6 Å². The van der Waals surface area contributed by atoms with Gasteiger partial charge in [-0.1, -0.05) is 23.2 Å². The van der Waals surface area contributed by atoms with E-state index < -0.39 is 0 Å². The first-order valence-corrected chi connectivity index (χ1v) is 5.78. The van der Waals surface area contributed by atoms with Crippen LogP contribution in [0.5, 0.6) is 0 Å². The molecule has 0 aromatic heterocycles. The van der Waals surface area contributed by atoms with E-state index >= 15 is 0 Å². The van der Waals surface area contributed by atoms with Crippen molar-refractivity contribution in [3.8, 4) is 0 Å². The van der Waals surface area contributed by atoms with Gasteiger partial charge in [-0.3, -0.25) is 4.90 Å². The van der Waals surface area contributed by atoms with E-state index in [1.165, 1.54) is 37.9 Å². The van der Waals surface area contributed by atoms with Gasteiger partial charge < -0.3 is 0 Å². The second kappa shape index (κ2) is 4.20. The third-order valence-corrected chi connectivity index (χ3v) is 3.69.